The van der Waals surface area contributed by atoms with Crippen molar-refractivity contribution in [2.75, 3.05) is 38.2 Å². The quantitative estimate of drug-likeness (QED) is 0.602. The van der Waals surface area contributed by atoms with Crippen LogP contribution in [0.4, 0.5) is 5.69 Å². The Labute approximate surface area is 152 Å². The minimum Gasteiger partial charge on any atom is -0.382 e. The number of hydrogen-bond acceptors (Lipinski definition) is 6. The van der Waals surface area contributed by atoms with E-state index in [1.54, 1.807) is 19.2 Å². The number of aromatic nitrogens is 1. The van der Waals surface area contributed by atoms with Crippen LogP contribution in [0.3, 0.4) is 0 Å². The molecule has 0 unspecified atom stereocenters. The maximum Gasteiger partial charge on any atom is 0.261 e. The van der Waals surface area contributed by atoms with Gasteiger partial charge in [0.15, 0.2) is 0 Å². The largest absolute Gasteiger partial charge is 0.382 e. The zero-order valence-corrected chi connectivity index (χ0v) is 15.2. The van der Waals surface area contributed by atoms with E-state index in [1.807, 2.05) is 0 Å². The number of carbonyl (C=O) groups is 1. The summed E-state index contributed by atoms with van der Waals surface area (Å²) in [7, 11) is -2.14. The number of hydrogen-bond donors (Lipinski definition) is 2. The van der Waals surface area contributed by atoms with Gasteiger partial charge in [-0.15, -0.1) is 0 Å². The maximum atomic E-state index is 12.3. The molecule has 1 aromatic heterocycles. The molecule has 0 aliphatic carbocycles. The predicted octanol–water partition coefficient (Wildman–Crippen LogP) is 1.28. The fourth-order valence-corrected chi connectivity index (χ4v) is 3.06. The lowest BCUT2D eigenvalue weighted by Gasteiger charge is -2.09. The highest BCUT2D eigenvalue weighted by Gasteiger charge is 2.15. The Kier molecular flexibility index (Phi) is 7.52. The standard InChI is InChI=1S/C17H21N3O5S/c1-24-12-13-25-11-10-19-17(21)14-2-4-16(5-3-14)26(22,23)20-15-6-8-18-9-7-15/h2-9H,10-13H2,1H3,(H,18,20)(H,19,21). The van der Waals surface area contributed by atoms with Crippen molar-refractivity contribution in [1.82, 2.24) is 10.3 Å². The molecule has 2 N–H and O–H groups in total. The minimum absolute atomic E-state index is 0.0637. The van der Waals surface area contributed by atoms with Crippen molar-refractivity contribution < 1.29 is 22.7 Å². The first-order valence-corrected chi connectivity index (χ1v) is 9.39. The zero-order valence-electron chi connectivity index (χ0n) is 14.3. The molecule has 26 heavy (non-hydrogen) atoms. The van der Waals surface area contributed by atoms with Gasteiger partial charge in [0.1, 0.15) is 0 Å². The second-order valence-electron chi connectivity index (χ2n) is 5.23. The van der Waals surface area contributed by atoms with Crippen molar-refractivity contribution in [3.8, 4) is 0 Å². The number of anilines is 1. The summed E-state index contributed by atoms with van der Waals surface area (Å²) < 4.78 is 37.2. The summed E-state index contributed by atoms with van der Waals surface area (Å²) in [5.74, 6) is -0.300. The van der Waals surface area contributed by atoms with Gasteiger partial charge in [0.25, 0.3) is 15.9 Å². The van der Waals surface area contributed by atoms with Crippen LogP contribution >= 0.6 is 0 Å². The molecule has 1 aromatic carbocycles. The van der Waals surface area contributed by atoms with Crippen LogP contribution in [0.5, 0.6) is 0 Å². The summed E-state index contributed by atoms with van der Waals surface area (Å²) in [6, 6.07) is 8.79. The molecule has 1 amide bonds. The van der Waals surface area contributed by atoms with Crippen LogP contribution in [0.15, 0.2) is 53.7 Å². The molecule has 0 atom stereocenters. The van der Waals surface area contributed by atoms with E-state index in [1.165, 1.54) is 36.7 Å². The normalized spacial score (nSPS) is 11.1. The summed E-state index contributed by atoms with van der Waals surface area (Å²) >= 11 is 0. The van der Waals surface area contributed by atoms with Crippen LogP contribution in [0, 0.1) is 0 Å². The van der Waals surface area contributed by atoms with E-state index in [-0.39, 0.29) is 10.8 Å². The smallest absolute Gasteiger partial charge is 0.261 e. The van der Waals surface area contributed by atoms with Gasteiger partial charge in [-0.3, -0.25) is 14.5 Å². The molecule has 0 radical (unpaired) electrons. The number of rotatable bonds is 10. The Hall–Kier alpha value is -2.49. The number of sulfonamides is 1. The van der Waals surface area contributed by atoms with Crippen LogP contribution in [0.2, 0.25) is 0 Å². The van der Waals surface area contributed by atoms with Gasteiger partial charge in [0.2, 0.25) is 0 Å². The Balaban J connectivity index is 1.89. The van der Waals surface area contributed by atoms with Crippen molar-refractivity contribution in [2.45, 2.75) is 4.90 Å². The lowest BCUT2D eigenvalue weighted by atomic mass is 10.2. The molecule has 9 heteroatoms. The molecular formula is C17H21N3O5S. The number of carbonyl (C=O) groups excluding carboxylic acids is 1. The second-order valence-corrected chi connectivity index (χ2v) is 6.91. The number of pyridine rings is 1. The molecule has 0 fully saturated rings. The number of amides is 1. The monoisotopic (exact) mass is 379 g/mol. The molecule has 0 aliphatic heterocycles. The van der Waals surface area contributed by atoms with E-state index in [4.69, 9.17) is 9.47 Å². The van der Waals surface area contributed by atoms with Gasteiger partial charge in [-0.25, -0.2) is 8.42 Å². The Morgan fingerprint density at radius 3 is 2.38 bits per heavy atom. The summed E-state index contributed by atoms with van der Waals surface area (Å²) in [6.07, 6.45) is 2.98. The van der Waals surface area contributed by atoms with Gasteiger partial charge >= 0.3 is 0 Å². The van der Waals surface area contributed by atoms with E-state index >= 15 is 0 Å². The molecule has 2 rings (SSSR count). The highest BCUT2D eigenvalue weighted by Crippen LogP contribution is 2.15. The Morgan fingerprint density at radius 1 is 1.04 bits per heavy atom. The van der Waals surface area contributed by atoms with Gasteiger partial charge in [0, 0.05) is 31.6 Å². The molecule has 2 aromatic rings. The summed E-state index contributed by atoms with van der Waals surface area (Å²) in [5.41, 5.74) is 0.778. The van der Waals surface area contributed by atoms with Crippen LogP contribution in [-0.4, -0.2) is 52.8 Å². The minimum atomic E-state index is -3.73. The van der Waals surface area contributed by atoms with Crippen molar-refractivity contribution in [3.05, 3.63) is 54.4 Å². The van der Waals surface area contributed by atoms with Crippen LogP contribution in [0.1, 0.15) is 10.4 Å². The van der Waals surface area contributed by atoms with E-state index < -0.39 is 10.0 Å². The molecule has 0 bridgehead atoms. The Bertz CT molecular complexity index is 795. The SMILES string of the molecule is COCCOCCNC(=O)c1ccc(S(=O)(=O)Nc2ccncc2)cc1. The molecule has 0 aliphatic rings. The van der Waals surface area contributed by atoms with Crippen LogP contribution in [0.25, 0.3) is 0 Å². The predicted molar refractivity (Wildman–Crippen MR) is 96.5 cm³/mol. The first-order valence-electron chi connectivity index (χ1n) is 7.91. The summed E-state index contributed by atoms with van der Waals surface area (Å²) in [5, 5.41) is 2.70. The average molecular weight is 379 g/mol. The van der Waals surface area contributed by atoms with Crippen molar-refractivity contribution in [2.24, 2.45) is 0 Å². The van der Waals surface area contributed by atoms with Gasteiger partial charge < -0.3 is 14.8 Å². The second kappa shape index (κ2) is 9.85. The van der Waals surface area contributed by atoms with Crippen molar-refractivity contribution >= 4 is 21.6 Å². The van der Waals surface area contributed by atoms with Gasteiger partial charge in [-0.05, 0) is 36.4 Å². The molecule has 1 heterocycles. The Morgan fingerprint density at radius 2 is 1.73 bits per heavy atom. The third-order valence-corrected chi connectivity index (χ3v) is 4.72. The van der Waals surface area contributed by atoms with Crippen LogP contribution in [-0.2, 0) is 19.5 Å². The third kappa shape index (κ3) is 6.10. The van der Waals surface area contributed by atoms with Gasteiger partial charge in [-0.1, -0.05) is 0 Å². The van der Waals surface area contributed by atoms with E-state index in [0.717, 1.165) is 0 Å². The summed E-state index contributed by atoms with van der Waals surface area (Å²) in [4.78, 5) is 15.9. The lowest BCUT2D eigenvalue weighted by molar-refractivity contribution is 0.0692. The van der Waals surface area contributed by atoms with Crippen molar-refractivity contribution in [1.29, 1.82) is 0 Å². The maximum absolute atomic E-state index is 12.3. The highest BCUT2D eigenvalue weighted by atomic mass is 32.2. The fourth-order valence-electron chi connectivity index (χ4n) is 2.00. The van der Waals surface area contributed by atoms with Gasteiger partial charge in [0.05, 0.1) is 30.4 Å². The van der Waals surface area contributed by atoms with E-state index in [9.17, 15) is 13.2 Å². The lowest BCUT2D eigenvalue weighted by Crippen LogP contribution is -2.27. The van der Waals surface area contributed by atoms with E-state index in [2.05, 4.69) is 15.0 Å². The highest BCUT2D eigenvalue weighted by molar-refractivity contribution is 7.92. The first kappa shape index (κ1) is 19.8. The fraction of sp³-hybridized carbons (Fsp3) is 0.294. The van der Waals surface area contributed by atoms with Gasteiger partial charge in [-0.2, -0.15) is 0 Å². The van der Waals surface area contributed by atoms with Crippen molar-refractivity contribution in [3.63, 3.8) is 0 Å². The molecular weight excluding hydrogens is 358 g/mol. The molecule has 8 nitrogen and oxygen atoms in total. The van der Waals surface area contributed by atoms with Crippen LogP contribution < -0.4 is 10.0 Å². The topological polar surface area (TPSA) is 107 Å². The first-order chi connectivity index (χ1) is 12.5. The number of ether oxygens (including phenoxy) is 2. The summed E-state index contributed by atoms with van der Waals surface area (Å²) in [6.45, 7) is 1.68. The van der Waals surface area contributed by atoms with E-state index in [0.29, 0.717) is 37.6 Å². The zero-order chi connectivity index (χ0) is 18.8. The molecule has 0 saturated carbocycles. The average Bonchev–Trinajstić information content (AvgIpc) is 2.65. The molecule has 0 spiro atoms. The molecule has 140 valence electrons. The number of nitrogens with one attached hydrogen (secondary N) is 2. The number of nitrogens with zero attached hydrogens (tertiary/aromatic N) is 1. The third-order valence-electron chi connectivity index (χ3n) is 3.32. The number of methoxy groups -OCH3 is 1. The number of benzene rings is 1. The molecule has 0 saturated heterocycles.